The molecule has 0 aromatic carbocycles. The minimum atomic E-state index is -3.42. The molecule has 0 aliphatic heterocycles. The van der Waals surface area contributed by atoms with E-state index in [0.29, 0.717) is 11.3 Å². The molecule has 19 heavy (non-hydrogen) atoms. The van der Waals surface area contributed by atoms with Crippen LogP contribution in [0.2, 0.25) is 0 Å². The topological polar surface area (TPSA) is 51.2 Å². The Morgan fingerprint density at radius 1 is 1.21 bits per heavy atom. The van der Waals surface area contributed by atoms with Crippen LogP contribution in [-0.2, 0) is 20.6 Å². The third-order valence-electron chi connectivity index (χ3n) is 3.36. The molecular formula is C14H22O3S2. The molecule has 0 aromatic heterocycles. The van der Waals surface area contributed by atoms with E-state index in [9.17, 15) is 12.6 Å². The third kappa shape index (κ3) is 4.14. The molecule has 0 heterocycles. The van der Waals surface area contributed by atoms with Gasteiger partial charge in [0.25, 0.3) is 0 Å². The zero-order valence-electron chi connectivity index (χ0n) is 12.2. The summed E-state index contributed by atoms with van der Waals surface area (Å²) in [5.74, 6) is 0. The zero-order valence-corrected chi connectivity index (χ0v) is 13.9. The Labute approximate surface area is 118 Å². The third-order valence-corrected chi connectivity index (χ3v) is 7.87. The van der Waals surface area contributed by atoms with Crippen LogP contribution in [0.5, 0.6) is 0 Å². The van der Waals surface area contributed by atoms with Crippen molar-refractivity contribution in [2.75, 3.05) is 5.08 Å². The molecule has 0 amide bonds. The van der Waals surface area contributed by atoms with Gasteiger partial charge >= 0.3 is 0 Å². The van der Waals surface area contributed by atoms with Crippen molar-refractivity contribution in [1.82, 2.24) is 0 Å². The molecule has 1 unspecified atom stereocenters. The molecule has 0 bridgehead atoms. The van der Waals surface area contributed by atoms with Gasteiger partial charge in [-0.05, 0) is 53.0 Å². The highest BCUT2D eigenvalue weighted by molar-refractivity contribution is 8.08. The van der Waals surface area contributed by atoms with Gasteiger partial charge in [0.1, 0.15) is 5.08 Å². The monoisotopic (exact) mass is 302 g/mol. The molecule has 0 fully saturated rings. The first-order chi connectivity index (χ1) is 8.65. The lowest BCUT2D eigenvalue weighted by molar-refractivity contribution is 0.605. The van der Waals surface area contributed by atoms with Crippen molar-refractivity contribution in [3.63, 3.8) is 0 Å². The average Bonchev–Trinajstić information content (AvgIpc) is 2.26. The largest absolute Gasteiger partial charge is 0.254 e. The Morgan fingerprint density at radius 2 is 1.79 bits per heavy atom. The molecule has 0 spiro atoms. The van der Waals surface area contributed by atoms with Crippen molar-refractivity contribution in [3.8, 4) is 0 Å². The van der Waals surface area contributed by atoms with E-state index in [0.717, 1.165) is 22.5 Å². The lowest BCUT2D eigenvalue weighted by atomic mass is 10.0. The van der Waals surface area contributed by atoms with Gasteiger partial charge in [0.2, 0.25) is 0 Å². The Hall–Kier alpha value is -0.680. The second kappa shape index (κ2) is 6.18. The van der Waals surface area contributed by atoms with Gasteiger partial charge in [0.05, 0.1) is 10.8 Å². The molecule has 5 heteroatoms. The smallest absolute Gasteiger partial charge is 0.186 e. The summed E-state index contributed by atoms with van der Waals surface area (Å²) in [6.07, 6.45) is 3.56. The lowest BCUT2D eigenvalue weighted by Gasteiger charge is -2.16. The first kappa shape index (κ1) is 16.4. The SMILES string of the molecule is CC1=CC(C)=C(S(=O)CS(=O)(=O)C(C)=C(C)C)CC1. The normalized spacial score (nSPS) is 18.1. The first-order valence-corrected chi connectivity index (χ1v) is 9.24. The highest BCUT2D eigenvalue weighted by Crippen LogP contribution is 2.27. The second-order valence-corrected chi connectivity index (χ2v) is 9.20. The summed E-state index contributed by atoms with van der Waals surface area (Å²) in [6.45, 7) is 9.03. The van der Waals surface area contributed by atoms with Gasteiger partial charge in [-0.15, -0.1) is 0 Å². The van der Waals surface area contributed by atoms with E-state index in [1.807, 2.05) is 19.9 Å². The van der Waals surface area contributed by atoms with Crippen molar-refractivity contribution in [2.45, 2.75) is 47.5 Å². The molecule has 1 aliphatic carbocycles. The second-order valence-electron chi connectivity index (χ2n) is 5.23. The minimum Gasteiger partial charge on any atom is -0.254 e. The van der Waals surface area contributed by atoms with E-state index < -0.39 is 20.6 Å². The molecule has 1 rings (SSSR count). The van der Waals surface area contributed by atoms with Crippen LogP contribution in [0.3, 0.4) is 0 Å². The Kier molecular flexibility index (Phi) is 5.33. The van der Waals surface area contributed by atoms with E-state index in [1.165, 1.54) is 5.57 Å². The summed E-state index contributed by atoms with van der Waals surface area (Å²) in [7, 11) is -4.87. The average molecular weight is 302 g/mol. The van der Waals surface area contributed by atoms with Gasteiger partial charge in [-0.3, -0.25) is 4.21 Å². The highest BCUT2D eigenvalue weighted by Gasteiger charge is 2.23. The van der Waals surface area contributed by atoms with E-state index in [-0.39, 0.29) is 5.08 Å². The van der Waals surface area contributed by atoms with Crippen molar-refractivity contribution in [1.29, 1.82) is 0 Å². The molecule has 0 N–H and O–H groups in total. The fraction of sp³-hybridized carbons (Fsp3) is 0.571. The van der Waals surface area contributed by atoms with Crippen LogP contribution < -0.4 is 0 Å². The van der Waals surface area contributed by atoms with Gasteiger partial charge in [0.15, 0.2) is 9.84 Å². The Morgan fingerprint density at radius 3 is 2.26 bits per heavy atom. The Balaban J connectivity index is 3.00. The predicted molar refractivity (Wildman–Crippen MR) is 81.7 cm³/mol. The van der Waals surface area contributed by atoms with Gasteiger partial charge < -0.3 is 0 Å². The van der Waals surface area contributed by atoms with Crippen LogP contribution in [0.4, 0.5) is 0 Å². The van der Waals surface area contributed by atoms with Crippen molar-refractivity contribution < 1.29 is 12.6 Å². The fourth-order valence-corrected chi connectivity index (χ4v) is 5.71. The van der Waals surface area contributed by atoms with Crippen LogP contribution in [0.25, 0.3) is 0 Å². The zero-order chi connectivity index (χ0) is 14.8. The summed E-state index contributed by atoms with van der Waals surface area (Å²) >= 11 is 0. The highest BCUT2D eigenvalue weighted by atomic mass is 32.3. The van der Waals surface area contributed by atoms with Gasteiger partial charge in [-0.25, -0.2) is 8.42 Å². The van der Waals surface area contributed by atoms with E-state index in [4.69, 9.17) is 0 Å². The predicted octanol–water partition coefficient (Wildman–Crippen LogP) is 3.44. The van der Waals surface area contributed by atoms with Crippen LogP contribution >= 0.6 is 0 Å². The number of hydrogen-bond donors (Lipinski definition) is 0. The van der Waals surface area contributed by atoms with Crippen LogP contribution in [0, 0.1) is 0 Å². The maximum atomic E-state index is 12.3. The van der Waals surface area contributed by atoms with Crippen molar-refractivity contribution >= 4 is 20.6 Å². The Bertz CT molecular complexity index is 586. The molecule has 0 saturated heterocycles. The van der Waals surface area contributed by atoms with Crippen LogP contribution in [-0.4, -0.2) is 17.7 Å². The molecule has 1 atom stereocenters. The van der Waals surface area contributed by atoms with Crippen LogP contribution in [0.15, 0.2) is 32.6 Å². The minimum absolute atomic E-state index is 0.302. The van der Waals surface area contributed by atoms with Crippen LogP contribution in [0.1, 0.15) is 47.5 Å². The van der Waals surface area contributed by atoms with Gasteiger partial charge in [-0.1, -0.05) is 17.2 Å². The standard InChI is InChI=1S/C14H22O3S2/c1-10(2)13(5)19(16,17)9-18(15)14-7-6-11(3)8-12(14)4/h8H,6-7,9H2,1-5H3. The fourth-order valence-electron chi connectivity index (χ4n) is 1.93. The number of hydrogen-bond acceptors (Lipinski definition) is 3. The maximum absolute atomic E-state index is 12.3. The molecule has 1 aliphatic rings. The van der Waals surface area contributed by atoms with Gasteiger partial charge in [0, 0.05) is 9.81 Å². The summed E-state index contributed by atoms with van der Waals surface area (Å²) in [4.78, 5) is 1.11. The van der Waals surface area contributed by atoms with Crippen molar-refractivity contribution in [3.05, 3.63) is 32.6 Å². The summed E-state index contributed by atoms with van der Waals surface area (Å²) in [6, 6.07) is 0. The molecule has 0 aromatic rings. The number of sulfone groups is 1. The van der Waals surface area contributed by atoms with E-state index in [1.54, 1.807) is 20.8 Å². The lowest BCUT2D eigenvalue weighted by Crippen LogP contribution is -2.16. The number of rotatable bonds is 4. The molecule has 0 saturated carbocycles. The molecule has 108 valence electrons. The van der Waals surface area contributed by atoms with E-state index in [2.05, 4.69) is 0 Å². The maximum Gasteiger partial charge on any atom is 0.186 e. The van der Waals surface area contributed by atoms with E-state index >= 15 is 0 Å². The quantitative estimate of drug-likeness (QED) is 0.799. The summed E-state index contributed by atoms with van der Waals surface area (Å²) in [5.41, 5.74) is 2.95. The molecule has 0 radical (unpaired) electrons. The summed E-state index contributed by atoms with van der Waals surface area (Å²) in [5, 5.41) is -0.302. The molecule has 3 nitrogen and oxygen atoms in total. The first-order valence-electron chi connectivity index (χ1n) is 6.27. The van der Waals surface area contributed by atoms with Crippen molar-refractivity contribution in [2.24, 2.45) is 0 Å². The molecular weight excluding hydrogens is 280 g/mol. The summed E-state index contributed by atoms with van der Waals surface area (Å²) < 4.78 is 36.5. The number of allylic oxidation sites excluding steroid dienone is 6. The van der Waals surface area contributed by atoms with Gasteiger partial charge in [-0.2, -0.15) is 0 Å².